The van der Waals surface area contributed by atoms with Crippen LogP contribution < -0.4 is 4.74 Å². The molecule has 3 aromatic rings. The van der Waals surface area contributed by atoms with Crippen LogP contribution in [0.4, 0.5) is 8.78 Å². The van der Waals surface area contributed by atoms with Crippen molar-refractivity contribution in [3.05, 3.63) is 84.4 Å². The molecule has 0 amide bonds. The summed E-state index contributed by atoms with van der Waals surface area (Å²) < 4.78 is 34.2. The van der Waals surface area contributed by atoms with Gasteiger partial charge in [0.05, 0.1) is 7.11 Å². The number of ether oxygens (including phenoxy) is 1. The number of hydrogen-bond donors (Lipinski definition) is 0. The van der Waals surface area contributed by atoms with Crippen molar-refractivity contribution in [3.63, 3.8) is 0 Å². The average molecular weight is 322 g/mol. The number of methoxy groups -OCH3 is 1. The third-order valence-corrected chi connectivity index (χ3v) is 3.94. The summed E-state index contributed by atoms with van der Waals surface area (Å²) in [6, 6.07) is 17.2. The maximum Gasteiger partial charge on any atom is 0.167 e. The van der Waals surface area contributed by atoms with E-state index in [1.165, 1.54) is 0 Å². The molecule has 3 heteroatoms. The van der Waals surface area contributed by atoms with Crippen molar-refractivity contribution in [2.24, 2.45) is 0 Å². The summed E-state index contributed by atoms with van der Waals surface area (Å²) in [6.45, 7) is 3.68. The summed E-state index contributed by atoms with van der Waals surface area (Å²) in [6.07, 6.45) is 1.70. The highest BCUT2D eigenvalue weighted by Crippen LogP contribution is 2.32. The Morgan fingerprint density at radius 3 is 1.62 bits per heavy atom. The van der Waals surface area contributed by atoms with Crippen molar-refractivity contribution in [2.75, 3.05) is 7.11 Å². The van der Waals surface area contributed by atoms with Gasteiger partial charge in [0.15, 0.2) is 11.6 Å². The first-order chi connectivity index (χ1) is 11.6. The fourth-order valence-corrected chi connectivity index (χ4v) is 2.56. The Bertz CT molecular complexity index is 866. The molecule has 120 valence electrons. The summed E-state index contributed by atoms with van der Waals surface area (Å²) in [7, 11) is 1.56. The van der Waals surface area contributed by atoms with Gasteiger partial charge in [-0.2, -0.15) is 0 Å². The van der Waals surface area contributed by atoms with Gasteiger partial charge >= 0.3 is 0 Å². The SMILES string of the molecule is C=Cc1ccc(-c2ccc(-c3ccc(OC)cc3)c(F)c2F)cc1. The highest BCUT2D eigenvalue weighted by molar-refractivity contribution is 5.72. The molecule has 0 atom stereocenters. The van der Waals surface area contributed by atoms with Crippen LogP contribution in [0.5, 0.6) is 5.75 Å². The van der Waals surface area contributed by atoms with Crippen LogP contribution in [0.3, 0.4) is 0 Å². The average Bonchev–Trinajstić information content (AvgIpc) is 2.64. The fraction of sp³-hybridized carbons (Fsp3) is 0.0476. The lowest BCUT2D eigenvalue weighted by atomic mass is 9.98. The van der Waals surface area contributed by atoms with E-state index in [1.807, 2.05) is 12.1 Å². The fourth-order valence-electron chi connectivity index (χ4n) is 2.56. The molecular weight excluding hydrogens is 306 g/mol. The van der Waals surface area contributed by atoms with Gasteiger partial charge in [0.2, 0.25) is 0 Å². The minimum Gasteiger partial charge on any atom is -0.497 e. The highest BCUT2D eigenvalue weighted by atomic mass is 19.2. The quantitative estimate of drug-likeness (QED) is 0.576. The third-order valence-electron chi connectivity index (χ3n) is 3.94. The van der Waals surface area contributed by atoms with E-state index in [9.17, 15) is 8.78 Å². The number of rotatable bonds is 4. The molecule has 0 fully saturated rings. The Balaban J connectivity index is 2.02. The van der Waals surface area contributed by atoms with Crippen molar-refractivity contribution in [3.8, 4) is 28.0 Å². The number of halogens is 2. The molecule has 0 N–H and O–H groups in total. The molecule has 0 heterocycles. The van der Waals surface area contributed by atoms with Crippen LogP contribution >= 0.6 is 0 Å². The zero-order valence-corrected chi connectivity index (χ0v) is 13.2. The van der Waals surface area contributed by atoms with Gasteiger partial charge in [-0.25, -0.2) is 8.78 Å². The van der Waals surface area contributed by atoms with E-state index in [4.69, 9.17) is 4.74 Å². The smallest absolute Gasteiger partial charge is 0.167 e. The monoisotopic (exact) mass is 322 g/mol. The molecule has 3 rings (SSSR count). The zero-order valence-electron chi connectivity index (χ0n) is 13.2. The maximum atomic E-state index is 14.5. The predicted octanol–water partition coefficient (Wildman–Crippen LogP) is 5.95. The molecule has 0 aliphatic heterocycles. The first kappa shape index (κ1) is 15.9. The molecule has 0 aliphatic carbocycles. The van der Waals surface area contributed by atoms with Crippen LogP contribution in [0.15, 0.2) is 67.2 Å². The Labute approximate surface area is 139 Å². The molecule has 24 heavy (non-hydrogen) atoms. The minimum absolute atomic E-state index is 0.224. The Hall–Kier alpha value is -2.94. The van der Waals surface area contributed by atoms with E-state index in [1.54, 1.807) is 61.7 Å². The summed E-state index contributed by atoms with van der Waals surface area (Å²) in [5.41, 5.74) is 2.61. The van der Waals surface area contributed by atoms with Crippen LogP contribution in [-0.4, -0.2) is 7.11 Å². The molecule has 0 aromatic heterocycles. The zero-order chi connectivity index (χ0) is 17.1. The molecule has 0 saturated heterocycles. The second kappa shape index (κ2) is 6.67. The van der Waals surface area contributed by atoms with E-state index >= 15 is 0 Å². The van der Waals surface area contributed by atoms with Gasteiger partial charge in [-0.3, -0.25) is 0 Å². The first-order valence-corrected chi connectivity index (χ1v) is 7.49. The maximum absolute atomic E-state index is 14.5. The van der Waals surface area contributed by atoms with Gasteiger partial charge in [-0.1, -0.05) is 61.2 Å². The van der Waals surface area contributed by atoms with Gasteiger partial charge in [-0.15, -0.1) is 0 Å². The second-order valence-corrected chi connectivity index (χ2v) is 5.34. The molecule has 0 saturated carbocycles. The highest BCUT2D eigenvalue weighted by Gasteiger charge is 2.15. The van der Waals surface area contributed by atoms with Crippen LogP contribution in [0.25, 0.3) is 28.3 Å². The Morgan fingerprint density at radius 1 is 0.750 bits per heavy atom. The third kappa shape index (κ3) is 2.93. The van der Waals surface area contributed by atoms with Gasteiger partial charge in [0, 0.05) is 11.1 Å². The van der Waals surface area contributed by atoms with Crippen molar-refractivity contribution in [1.82, 2.24) is 0 Å². The largest absolute Gasteiger partial charge is 0.497 e. The molecule has 0 radical (unpaired) electrons. The van der Waals surface area contributed by atoms with Gasteiger partial charge in [0.1, 0.15) is 5.75 Å². The molecule has 0 bridgehead atoms. The Kier molecular flexibility index (Phi) is 4.43. The van der Waals surface area contributed by atoms with Crippen LogP contribution in [0.2, 0.25) is 0 Å². The molecule has 3 aromatic carbocycles. The van der Waals surface area contributed by atoms with Crippen molar-refractivity contribution in [2.45, 2.75) is 0 Å². The molecule has 0 spiro atoms. The summed E-state index contributed by atoms with van der Waals surface area (Å²) in [5.74, 6) is -1.04. The molecule has 1 nitrogen and oxygen atoms in total. The summed E-state index contributed by atoms with van der Waals surface area (Å²) in [4.78, 5) is 0. The molecular formula is C21H16F2O. The number of hydrogen-bond acceptors (Lipinski definition) is 1. The van der Waals surface area contributed by atoms with E-state index in [0.29, 0.717) is 16.9 Å². The Morgan fingerprint density at radius 2 is 1.21 bits per heavy atom. The van der Waals surface area contributed by atoms with Crippen LogP contribution in [-0.2, 0) is 0 Å². The molecule has 0 unspecified atom stereocenters. The van der Waals surface area contributed by atoms with Crippen molar-refractivity contribution < 1.29 is 13.5 Å². The summed E-state index contributed by atoms with van der Waals surface area (Å²) in [5, 5.41) is 0. The van der Waals surface area contributed by atoms with Crippen molar-refractivity contribution >= 4 is 6.08 Å². The topological polar surface area (TPSA) is 9.23 Å². The lowest BCUT2D eigenvalue weighted by Gasteiger charge is -2.10. The predicted molar refractivity (Wildman–Crippen MR) is 93.9 cm³/mol. The van der Waals surface area contributed by atoms with Crippen LogP contribution in [0.1, 0.15) is 5.56 Å². The standard InChI is InChI=1S/C21H16F2O/c1-3-14-4-6-15(7-5-14)18-12-13-19(21(23)20(18)22)16-8-10-17(24-2)11-9-16/h3-13H,1H2,2H3. The van der Waals surface area contributed by atoms with E-state index in [-0.39, 0.29) is 11.1 Å². The second-order valence-electron chi connectivity index (χ2n) is 5.34. The summed E-state index contributed by atoms with van der Waals surface area (Å²) >= 11 is 0. The first-order valence-electron chi connectivity index (χ1n) is 7.49. The van der Waals surface area contributed by atoms with Gasteiger partial charge in [0.25, 0.3) is 0 Å². The molecule has 0 aliphatic rings. The van der Waals surface area contributed by atoms with Gasteiger partial charge in [-0.05, 0) is 28.8 Å². The number of benzene rings is 3. The minimum atomic E-state index is -0.856. The van der Waals surface area contributed by atoms with E-state index in [0.717, 1.165) is 5.56 Å². The van der Waals surface area contributed by atoms with E-state index in [2.05, 4.69) is 6.58 Å². The van der Waals surface area contributed by atoms with Crippen LogP contribution in [0, 0.1) is 11.6 Å². The lowest BCUT2D eigenvalue weighted by Crippen LogP contribution is -1.94. The normalized spacial score (nSPS) is 10.5. The van der Waals surface area contributed by atoms with Crippen molar-refractivity contribution in [1.29, 1.82) is 0 Å². The van der Waals surface area contributed by atoms with Gasteiger partial charge < -0.3 is 4.74 Å². The van der Waals surface area contributed by atoms with E-state index < -0.39 is 11.6 Å². The lowest BCUT2D eigenvalue weighted by molar-refractivity contribution is 0.415.